The minimum Gasteiger partial charge on any atom is -0.326 e. The molecule has 0 saturated carbocycles. The summed E-state index contributed by atoms with van der Waals surface area (Å²) in [6.07, 6.45) is 1.37. The van der Waals surface area contributed by atoms with Crippen LogP contribution in [0.1, 0.15) is 47.0 Å². The van der Waals surface area contributed by atoms with Gasteiger partial charge in [-0.1, -0.05) is 27.7 Å². The lowest BCUT2D eigenvalue weighted by atomic mass is 9.93. The van der Waals surface area contributed by atoms with E-state index in [4.69, 9.17) is 0 Å². The molecule has 1 fully saturated rings. The third-order valence-electron chi connectivity index (χ3n) is 4.80. The molecule has 1 aromatic rings. The number of urea groups is 1. The number of nitrogens with one attached hydrogen (secondary N) is 3. The Morgan fingerprint density at radius 1 is 1.00 bits per heavy atom. The van der Waals surface area contributed by atoms with Gasteiger partial charge in [-0.3, -0.25) is 19.3 Å². The lowest BCUT2D eigenvalue weighted by Crippen LogP contribution is -2.46. The van der Waals surface area contributed by atoms with Crippen LogP contribution in [-0.4, -0.2) is 40.7 Å². The topological polar surface area (TPSA) is 108 Å². The van der Waals surface area contributed by atoms with Crippen molar-refractivity contribution >= 4 is 35.1 Å². The van der Waals surface area contributed by atoms with Crippen molar-refractivity contribution in [2.24, 2.45) is 5.92 Å². The van der Waals surface area contributed by atoms with Crippen LogP contribution in [0.4, 0.5) is 16.2 Å². The van der Waals surface area contributed by atoms with Crippen molar-refractivity contribution < 1.29 is 19.2 Å². The Bertz CT molecular complexity index is 754. The largest absolute Gasteiger partial charge is 0.326 e. The van der Waals surface area contributed by atoms with E-state index in [1.165, 1.54) is 0 Å². The number of amides is 5. The minimum absolute atomic E-state index is 0.0688. The van der Waals surface area contributed by atoms with Crippen molar-refractivity contribution in [1.29, 1.82) is 0 Å². The molecule has 2 rings (SSSR count). The van der Waals surface area contributed by atoms with E-state index in [1.54, 1.807) is 24.3 Å². The molecule has 1 heterocycles. The number of hydrogen-bond acceptors (Lipinski definition) is 4. The Hall–Kier alpha value is -2.90. The first kappa shape index (κ1) is 21.4. The van der Waals surface area contributed by atoms with Crippen LogP contribution >= 0.6 is 0 Å². The molecule has 1 saturated heterocycles. The fourth-order valence-electron chi connectivity index (χ4n) is 3.11. The molecule has 3 N–H and O–H groups in total. The maximum Gasteiger partial charge on any atom is 0.325 e. The Labute approximate surface area is 165 Å². The maximum atomic E-state index is 12.5. The Morgan fingerprint density at radius 2 is 1.50 bits per heavy atom. The lowest BCUT2D eigenvalue weighted by molar-refractivity contribution is -0.134. The molecule has 0 bridgehead atoms. The van der Waals surface area contributed by atoms with Crippen molar-refractivity contribution in [2.45, 2.75) is 52.5 Å². The van der Waals surface area contributed by atoms with Gasteiger partial charge in [0.2, 0.25) is 11.8 Å². The highest BCUT2D eigenvalue weighted by atomic mass is 16.2. The summed E-state index contributed by atoms with van der Waals surface area (Å²) in [6, 6.07) is 6.11. The fourth-order valence-corrected chi connectivity index (χ4v) is 3.11. The lowest BCUT2D eigenvalue weighted by Gasteiger charge is -2.23. The van der Waals surface area contributed by atoms with Gasteiger partial charge in [0.25, 0.3) is 5.91 Å². The number of rotatable bonds is 8. The molecule has 8 nitrogen and oxygen atoms in total. The first-order chi connectivity index (χ1) is 13.2. The van der Waals surface area contributed by atoms with Gasteiger partial charge >= 0.3 is 6.03 Å². The zero-order chi connectivity index (χ0) is 20.9. The third-order valence-corrected chi connectivity index (χ3v) is 4.80. The van der Waals surface area contributed by atoms with E-state index < -0.39 is 17.5 Å². The molecule has 1 aliphatic rings. The van der Waals surface area contributed by atoms with Gasteiger partial charge in [0.15, 0.2) is 0 Å². The quantitative estimate of drug-likeness (QED) is 0.595. The summed E-state index contributed by atoms with van der Waals surface area (Å²) in [4.78, 5) is 49.6. The maximum absolute atomic E-state index is 12.5. The molecule has 152 valence electrons. The Balaban J connectivity index is 1.94. The van der Waals surface area contributed by atoms with Crippen molar-refractivity contribution in [3.8, 4) is 0 Å². The number of carbonyl (C=O) groups is 4. The van der Waals surface area contributed by atoms with E-state index in [0.29, 0.717) is 30.6 Å². The average molecular weight is 388 g/mol. The summed E-state index contributed by atoms with van der Waals surface area (Å²) >= 11 is 0. The number of imide groups is 1. The zero-order valence-corrected chi connectivity index (χ0v) is 16.8. The van der Waals surface area contributed by atoms with E-state index >= 15 is 0 Å². The summed E-state index contributed by atoms with van der Waals surface area (Å²) in [5.41, 5.74) is 0.220. The van der Waals surface area contributed by atoms with Gasteiger partial charge in [-0.15, -0.1) is 0 Å². The van der Waals surface area contributed by atoms with Crippen LogP contribution in [0.25, 0.3) is 0 Å². The first-order valence-electron chi connectivity index (χ1n) is 9.54. The highest BCUT2D eigenvalue weighted by Gasteiger charge is 2.49. The minimum atomic E-state index is -0.923. The fraction of sp³-hybridized carbons (Fsp3) is 0.500. The smallest absolute Gasteiger partial charge is 0.325 e. The van der Waals surface area contributed by atoms with Crippen LogP contribution in [0.2, 0.25) is 0 Å². The second-order valence-corrected chi connectivity index (χ2v) is 7.38. The van der Waals surface area contributed by atoms with Gasteiger partial charge in [-0.05, 0) is 43.0 Å². The summed E-state index contributed by atoms with van der Waals surface area (Å²) in [5.74, 6) is -0.646. The van der Waals surface area contributed by atoms with Crippen LogP contribution in [0.5, 0.6) is 0 Å². The normalized spacial score (nSPS) is 15.5. The number of anilines is 2. The molecule has 0 atom stereocenters. The zero-order valence-electron chi connectivity index (χ0n) is 16.8. The van der Waals surface area contributed by atoms with E-state index in [1.807, 2.05) is 27.7 Å². The molecule has 8 heteroatoms. The third kappa shape index (κ3) is 4.88. The van der Waals surface area contributed by atoms with E-state index in [9.17, 15) is 19.2 Å². The molecule has 0 aliphatic carbocycles. The number of benzene rings is 1. The summed E-state index contributed by atoms with van der Waals surface area (Å²) < 4.78 is 0. The van der Waals surface area contributed by atoms with Crippen molar-refractivity contribution in [3.05, 3.63) is 24.3 Å². The Morgan fingerprint density at radius 3 is 1.93 bits per heavy atom. The van der Waals surface area contributed by atoms with Crippen LogP contribution in [0, 0.1) is 5.92 Å². The predicted molar refractivity (Wildman–Crippen MR) is 107 cm³/mol. The number of hydrogen-bond donors (Lipinski definition) is 3. The highest BCUT2D eigenvalue weighted by Crippen LogP contribution is 2.24. The highest BCUT2D eigenvalue weighted by molar-refractivity contribution is 6.10. The van der Waals surface area contributed by atoms with Crippen LogP contribution in [0.3, 0.4) is 0 Å². The molecule has 28 heavy (non-hydrogen) atoms. The molecule has 1 aromatic carbocycles. The molecule has 5 amide bonds. The van der Waals surface area contributed by atoms with Gasteiger partial charge in [0.05, 0.1) is 0 Å². The molecule has 1 aliphatic heterocycles. The second kappa shape index (κ2) is 8.86. The Kier molecular flexibility index (Phi) is 6.77. The van der Waals surface area contributed by atoms with Gasteiger partial charge < -0.3 is 16.0 Å². The molecule has 0 radical (unpaired) electrons. The van der Waals surface area contributed by atoms with Gasteiger partial charge in [-0.25, -0.2) is 4.79 Å². The number of nitrogens with zero attached hydrogens (tertiary/aromatic N) is 1. The van der Waals surface area contributed by atoms with Crippen LogP contribution < -0.4 is 16.0 Å². The standard InChI is InChI=1S/C20H28N4O4/c1-5-20(6-2)18(27)24(19(28)23-20)12-17(26)22-15-9-7-14(8-10-15)21-16(25)11-13(3)4/h7-10,13H,5-6,11-12H2,1-4H3,(H,21,25)(H,22,26)(H,23,28). The molecule has 0 spiro atoms. The molecule has 0 aromatic heterocycles. The van der Waals surface area contributed by atoms with Crippen LogP contribution in [0.15, 0.2) is 24.3 Å². The van der Waals surface area contributed by atoms with Gasteiger partial charge in [0.1, 0.15) is 12.1 Å². The molecular weight excluding hydrogens is 360 g/mol. The van der Waals surface area contributed by atoms with Crippen molar-refractivity contribution in [3.63, 3.8) is 0 Å². The second-order valence-electron chi connectivity index (χ2n) is 7.38. The van der Waals surface area contributed by atoms with Crippen molar-refractivity contribution in [2.75, 3.05) is 17.2 Å². The summed E-state index contributed by atoms with van der Waals surface area (Å²) in [7, 11) is 0. The van der Waals surface area contributed by atoms with E-state index in [0.717, 1.165) is 4.90 Å². The molecule has 0 unspecified atom stereocenters. The van der Waals surface area contributed by atoms with Crippen LogP contribution in [-0.2, 0) is 14.4 Å². The first-order valence-corrected chi connectivity index (χ1v) is 9.54. The van der Waals surface area contributed by atoms with Gasteiger partial charge in [0, 0.05) is 17.8 Å². The van der Waals surface area contributed by atoms with E-state index in [2.05, 4.69) is 16.0 Å². The average Bonchev–Trinajstić information content (AvgIpc) is 2.87. The molecular formula is C20H28N4O4. The SMILES string of the molecule is CCC1(CC)NC(=O)N(CC(=O)Nc2ccc(NC(=O)CC(C)C)cc2)C1=O. The van der Waals surface area contributed by atoms with E-state index in [-0.39, 0.29) is 24.3 Å². The van der Waals surface area contributed by atoms with Gasteiger partial charge in [-0.2, -0.15) is 0 Å². The van der Waals surface area contributed by atoms with Crippen molar-refractivity contribution in [1.82, 2.24) is 10.2 Å². The summed E-state index contributed by atoms with van der Waals surface area (Å²) in [5, 5.41) is 8.14. The predicted octanol–water partition coefficient (Wildman–Crippen LogP) is 2.72. The number of carbonyl (C=O) groups excluding carboxylic acids is 4. The monoisotopic (exact) mass is 388 g/mol. The summed E-state index contributed by atoms with van der Waals surface area (Å²) in [6.45, 7) is 7.24.